The van der Waals surface area contributed by atoms with E-state index in [4.69, 9.17) is 9.47 Å². The minimum atomic E-state index is -0.555. The van der Waals surface area contributed by atoms with Gasteiger partial charge in [-0.2, -0.15) is 0 Å². The van der Waals surface area contributed by atoms with E-state index in [1.807, 2.05) is 0 Å². The zero-order valence-corrected chi connectivity index (χ0v) is 9.06. The van der Waals surface area contributed by atoms with Crippen molar-refractivity contribution >= 4 is 12.3 Å². The highest BCUT2D eigenvalue weighted by atomic mass is 16.7. The van der Waals surface area contributed by atoms with Crippen LogP contribution in [0, 0.1) is 0 Å². The van der Waals surface area contributed by atoms with Crippen molar-refractivity contribution in [3.8, 4) is 5.75 Å². The monoisotopic (exact) mass is 224 g/mol. The number of hydrogen-bond acceptors (Lipinski definition) is 5. The Morgan fingerprint density at radius 1 is 1.38 bits per heavy atom. The smallest absolute Gasteiger partial charge is 0.338 e. The first kappa shape index (κ1) is 12.2. The third-order valence-corrected chi connectivity index (χ3v) is 1.90. The van der Waals surface area contributed by atoms with Crippen LogP contribution in [0.1, 0.15) is 20.7 Å². The molecule has 0 unspecified atom stereocenters. The topological polar surface area (TPSA) is 61.8 Å². The van der Waals surface area contributed by atoms with Crippen LogP contribution in [0.25, 0.3) is 0 Å². The van der Waals surface area contributed by atoms with E-state index in [0.29, 0.717) is 12.0 Å². The maximum atomic E-state index is 11.3. The van der Waals surface area contributed by atoms with Crippen molar-refractivity contribution in [3.05, 3.63) is 29.3 Å². The van der Waals surface area contributed by atoms with Crippen LogP contribution >= 0.6 is 0 Å². The summed E-state index contributed by atoms with van der Waals surface area (Å²) in [6.45, 7) is 0.0792. The first-order chi connectivity index (χ1) is 7.72. The van der Waals surface area contributed by atoms with Crippen LogP contribution in [-0.2, 0) is 9.47 Å². The Morgan fingerprint density at radius 3 is 2.69 bits per heavy atom. The van der Waals surface area contributed by atoms with Crippen molar-refractivity contribution in [1.29, 1.82) is 0 Å². The van der Waals surface area contributed by atoms with Crippen molar-refractivity contribution in [2.45, 2.75) is 0 Å². The number of hydrogen-bond donors (Lipinski definition) is 0. The van der Waals surface area contributed by atoms with Crippen LogP contribution in [-0.4, -0.2) is 33.3 Å². The highest BCUT2D eigenvalue weighted by Gasteiger charge is 2.12. The van der Waals surface area contributed by atoms with Gasteiger partial charge in [0.1, 0.15) is 5.75 Å². The molecule has 0 saturated carbocycles. The van der Waals surface area contributed by atoms with E-state index in [1.165, 1.54) is 26.4 Å². The second-order valence-corrected chi connectivity index (χ2v) is 2.91. The molecule has 0 heterocycles. The molecule has 0 radical (unpaired) electrons. The fraction of sp³-hybridized carbons (Fsp3) is 0.273. The van der Waals surface area contributed by atoms with Crippen molar-refractivity contribution < 1.29 is 23.8 Å². The van der Waals surface area contributed by atoms with Crippen LogP contribution < -0.4 is 4.74 Å². The molecule has 0 aromatic heterocycles. The van der Waals surface area contributed by atoms with Gasteiger partial charge in [0, 0.05) is 12.7 Å². The maximum Gasteiger partial charge on any atom is 0.338 e. The number of aldehydes is 1. The molecule has 0 saturated heterocycles. The van der Waals surface area contributed by atoms with Crippen LogP contribution in [0.4, 0.5) is 0 Å². The fourth-order valence-corrected chi connectivity index (χ4v) is 1.15. The summed E-state index contributed by atoms with van der Waals surface area (Å²) in [6.07, 6.45) is 0.575. The number of esters is 1. The lowest BCUT2D eigenvalue weighted by molar-refractivity contribution is 0.0510. The highest BCUT2D eigenvalue weighted by molar-refractivity contribution is 5.98. The first-order valence-electron chi connectivity index (χ1n) is 4.52. The van der Waals surface area contributed by atoms with Gasteiger partial charge in [-0.15, -0.1) is 0 Å². The van der Waals surface area contributed by atoms with Crippen molar-refractivity contribution in [3.63, 3.8) is 0 Å². The molecular weight excluding hydrogens is 212 g/mol. The number of ether oxygens (including phenoxy) is 3. The Labute approximate surface area is 92.9 Å². The lowest BCUT2D eigenvalue weighted by Gasteiger charge is -2.07. The molecule has 0 fully saturated rings. The van der Waals surface area contributed by atoms with Gasteiger partial charge in [-0.1, -0.05) is 0 Å². The van der Waals surface area contributed by atoms with Crippen LogP contribution in [0.15, 0.2) is 18.2 Å². The molecule has 0 amide bonds. The summed E-state index contributed by atoms with van der Waals surface area (Å²) in [5.41, 5.74) is 0.433. The lowest BCUT2D eigenvalue weighted by atomic mass is 10.1. The Kier molecular flexibility index (Phi) is 4.47. The third-order valence-electron chi connectivity index (χ3n) is 1.90. The minimum absolute atomic E-state index is 0.0792. The Hall–Kier alpha value is -1.88. The van der Waals surface area contributed by atoms with Crippen LogP contribution in [0.5, 0.6) is 5.75 Å². The molecule has 0 bridgehead atoms. The molecule has 1 aromatic carbocycles. The second-order valence-electron chi connectivity index (χ2n) is 2.91. The first-order valence-corrected chi connectivity index (χ1v) is 4.52. The zero-order valence-electron chi connectivity index (χ0n) is 9.06. The SMILES string of the molecule is COCOc1ccc(C(=O)OC)c(C=O)c1. The van der Waals surface area contributed by atoms with E-state index in [1.54, 1.807) is 6.07 Å². The molecule has 16 heavy (non-hydrogen) atoms. The van der Waals surface area contributed by atoms with Gasteiger partial charge >= 0.3 is 5.97 Å². The number of carbonyl (C=O) groups excluding carboxylic acids is 2. The number of rotatable bonds is 5. The quantitative estimate of drug-likeness (QED) is 0.428. The van der Waals surface area contributed by atoms with Gasteiger partial charge in [0.15, 0.2) is 13.1 Å². The lowest BCUT2D eigenvalue weighted by Crippen LogP contribution is -2.06. The van der Waals surface area contributed by atoms with Gasteiger partial charge in [-0.05, 0) is 18.2 Å². The Bertz CT molecular complexity index is 386. The van der Waals surface area contributed by atoms with Crippen molar-refractivity contribution in [2.24, 2.45) is 0 Å². The number of methoxy groups -OCH3 is 2. The third kappa shape index (κ3) is 2.80. The molecule has 5 heteroatoms. The Morgan fingerprint density at radius 2 is 2.12 bits per heavy atom. The van der Waals surface area contributed by atoms with E-state index in [9.17, 15) is 9.59 Å². The average Bonchev–Trinajstić information content (AvgIpc) is 2.34. The molecule has 0 aliphatic heterocycles. The number of benzene rings is 1. The van der Waals surface area contributed by atoms with Gasteiger partial charge in [-0.25, -0.2) is 4.79 Å². The summed E-state index contributed by atoms with van der Waals surface area (Å²) in [5, 5.41) is 0. The molecule has 1 aromatic rings. The summed E-state index contributed by atoms with van der Waals surface area (Å²) in [6, 6.07) is 4.50. The summed E-state index contributed by atoms with van der Waals surface area (Å²) >= 11 is 0. The molecule has 0 aliphatic rings. The average molecular weight is 224 g/mol. The second kappa shape index (κ2) is 5.87. The van der Waals surface area contributed by atoms with Crippen molar-refractivity contribution in [2.75, 3.05) is 21.0 Å². The molecular formula is C11H12O5. The van der Waals surface area contributed by atoms with E-state index >= 15 is 0 Å². The molecule has 0 N–H and O–H groups in total. The fourth-order valence-electron chi connectivity index (χ4n) is 1.15. The van der Waals surface area contributed by atoms with E-state index < -0.39 is 5.97 Å². The number of carbonyl (C=O) groups is 2. The highest BCUT2D eigenvalue weighted by Crippen LogP contribution is 2.17. The molecule has 0 atom stereocenters. The van der Waals surface area contributed by atoms with Gasteiger partial charge in [0.2, 0.25) is 0 Å². The largest absolute Gasteiger partial charge is 0.468 e. The van der Waals surface area contributed by atoms with Gasteiger partial charge in [0.25, 0.3) is 0 Å². The predicted octanol–water partition coefficient (Wildman–Crippen LogP) is 1.27. The molecule has 86 valence electrons. The van der Waals surface area contributed by atoms with E-state index in [2.05, 4.69) is 4.74 Å². The predicted molar refractivity (Wildman–Crippen MR) is 55.7 cm³/mol. The molecule has 0 aliphatic carbocycles. The summed E-state index contributed by atoms with van der Waals surface area (Å²) in [5.74, 6) is -0.100. The van der Waals surface area contributed by atoms with Gasteiger partial charge in [-0.3, -0.25) is 4.79 Å². The zero-order chi connectivity index (χ0) is 12.0. The van der Waals surface area contributed by atoms with E-state index in [-0.39, 0.29) is 17.9 Å². The van der Waals surface area contributed by atoms with Gasteiger partial charge in [0.05, 0.1) is 12.7 Å². The standard InChI is InChI=1S/C11H12O5/c1-14-7-16-9-3-4-10(11(13)15-2)8(5-9)6-12/h3-6H,7H2,1-2H3. The van der Waals surface area contributed by atoms with Crippen LogP contribution in [0.2, 0.25) is 0 Å². The summed E-state index contributed by atoms with van der Waals surface area (Å²) in [4.78, 5) is 22.1. The van der Waals surface area contributed by atoms with Crippen LogP contribution in [0.3, 0.4) is 0 Å². The molecule has 5 nitrogen and oxygen atoms in total. The van der Waals surface area contributed by atoms with E-state index in [0.717, 1.165) is 0 Å². The molecule has 1 rings (SSSR count). The molecule has 0 spiro atoms. The Balaban J connectivity index is 2.97. The van der Waals surface area contributed by atoms with Gasteiger partial charge < -0.3 is 14.2 Å². The summed E-state index contributed by atoms with van der Waals surface area (Å²) in [7, 11) is 2.75. The maximum absolute atomic E-state index is 11.3. The summed E-state index contributed by atoms with van der Waals surface area (Å²) < 4.78 is 14.4. The minimum Gasteiger partial charge on any atom is -0.468 e. The normalized spacial score (nSPS) is 9.62. The van der Waals surface area contributed by atoms with Crippen molar-refractivity contribution in [1.82, 2.24) is 0 Å².